The van der Waals surface area contributed by atoms with Crippen LogP contribution in [0.25, 0.3) is 0 Å². The summed E-state index contributed by atoms with van der Waals surface area (Å²) in [6.07, 6.45) is 4.06. The molecular formula is C16H19N3. The van der Waals surface area contributed by atoms with Crippen molar-refractivity contribution in [1.82, 2.24) is 4.98 Å². The van der Waals surface area contributed by atoms with E-state index < -0.39 is 0 Å². The predicted octanol–water partition coefficient (Wildman–Crippen LogP) is 3.36. The minimum absolute atomic E-state index is 0.724. The fourth-order valence-corrected chi connectivity index (χ4v) is 2.82. The van der Waals surface area contributed by atoms with Crippen LogP contribution in [0.4, 0.5) is 17.2 Å². The molecule has 0 unspecified atom stereocenters. The average molecular weight is 253 g/mol. The van der Waals surface area contributed by atoms with Crippen molar-refractivity contribution >= 4 is 17.2 Å². The Morgan fingerprint density at radius 1 is 1.21 bits per heavy atom. The molecule has 2 heterocycles. The molecule has 98 valence electrons. The largest absolute Gasteiger partial charge is 0.397 e. The van der Waals surface area contributed by atoms with Crippen molar-refractivity contribution in [3.63, 3.8) is 0 Å². The minimum atomic E-state index is 0.724. The molecule has 0 bridgehead atoms. The van der Waals surface area contributed by atoms with Crippen molar-refractivity contribution in [3.05, 3.63) is 47.2 Å². The monoisotopic (exact) mass is 253 g/mol. The van der Waals surface area contributed by atoms with Crippen LogP contribution in [0.5, 0.6) is 0 Å². The Morgan fingerprint density at radius 2 is 2.05 bits per heavy atom. The summed E-state index contributed by atoms with van der Waals surface area (Å²) in [5.74, 6) is 1.03. The Hall–Kier alpha value is -2.03. The number of hydrogen-bond donors (Lipinski definition) is 1. The van der Waals surface area contributed by atoms with E-state index in [1.807, 2.05) is 6.07 Å². The van der Waals surface area contributed by atoms with E-state index in [0.717, 1.165) is 30.0 Å². The standard InChI is InChI=1S/C16H19N3/c1-11-5-6-15-13(8-11)4-3-7-19(15)16-12(2)9-14(17)10-18-16/h5-6,8-10H,3-4,7,17H2,1-2H3. The summed E-state index contributed by atoms with van der Waals surface area (Å²) >= 11 is 0. The maximum atomic E-state index is 5.79. The zero-order valence-electron chi connectivity index (χ0n) is 11.5. The molecule has 3 rings (SSSR count). The molecule has 19 heavy (non-hydrogen) atoms. The first-order chi connectivity index (χ1) is 9.15. The van der Waals surface area contributed by atoms with Crippen molar-refractivity contribution in [1.29, 1.82) is 0 Å². The quantitative estimate of drug-likeness (QED) is 0.847. The molecule has 3 nitrogen and oxygen atoms in total. The van der Waals surface area contributed by atoms with Crippen LogP contribution >= 0.6 is 0 Å². The number of aromatic nitrogens is 1. The highest BCUT2D eigenvalue weighted by atomic mass is 15.2. The van der Waals surface area contributed by atoms with Crippen molar-refractivity contribution in [2.24, 2.45) is 0 Å². The van der Waals surface area contributed by atoms with Crippen LogP contribution in [-0.2, 0) is 6.42 Å². The number of anilines is 3. The van der Waals surface area contributed by atoms with Crippen LogP contribution < -0.4 is 10.6 Å². The number of aryl methyl sites for hydroxylation is 3. The van der Waals surface area contributed by atoms with Gasteiger partial charge in [-0.2, -0.15) is 0 Å². The van der Waals surface area contributed by atoms with Crippen molar-refractivity contribution in [2.45, 2.75) is 26.7 Å². The summed E-state index contributed by atoms with van der Waals surface area (Å²) in [6.45, 7) is 5.24. The van der Waals surface area contributed by atoms with Crippen molar-refractivity contribution in [3.8, 4) is 0 Å². The Balaban J connectivity index is 2.08. The number of nitrogen functional groups attached to an aromatic ring is 1. The summed E-state index contributed by atoms with van der Waals surface area (Å²) in [5, 5.41) is 0. The fourth-order valence-electron chi connectivity index (χ4n) is 2.82. The lowest BCUT2D eigenvalue weighted by atomic mass is 9.99. The molecule has 0 atom stereocenters. The second-order valence-corrected chi connectivity index (χ2v) is 5.30. The lowest BCUT2D eigenvalue weighted by molar-refractivity contribution is 0.757. The van der Waals surface area contributed by atoms with Gasteiger partial charge in [-0.1, -0.05) is 17.7 Å². The van der Waals surface area contributed by atoms with Gasteiger partial charge in [0.2, 0.25) is 0 Å². The topological polar surface area (TPSA) is 42.2 Å². The normalized spacial score (nSPS) is 14.3. The molecule has 0 aliphatic carbocycles. The SMILES string of the molecule is Cc1ccc2c(c1)CCCN2c1ncc(N)cc1C. The molecule has 1 aromatic heterocycles. The summed E-state index contributed by atoms with van der Waals surface area (Å²) in [6, 6.07) is 8.66. The predicted molar refractivity (Wildman–Crippen MR) is 79.9 cm³/mol. The van der Waals surface area contributed by atoms with Gasteiger partial charge >= 0.3 is 0 Å². The Bertz CT molecular complexity index is 619. The first-order valence-electron chi connectivity index (χ1n) is 6.74. The molecule has 2 aromatic rings. The van der Waals surface area contributed by atoms with Gasteiger partial charge in [-0.3, -0.25) is 0 Å². The number of fused-ring (bicyclic) bond motifs is 1. The van der Waals surface area contributed by atoms with Crippen LogP contribution in [0.15, 0.2) is 30.5 Å². The first-order valence-corrected chi connectivity index (χ1v) is 6.74. The minimum Gasteiger partial charge on any atom is -0.397 e. The van der Waals surface area contributed by atoms with Gasteiger partial charge in [0.25, 0.3) is 0 Å². The summed E-state index contributed by atoms with van der Waals surface area (Å²) in [4.78, 5) is 6.84. The van der Waals surface area contributed by atoms with Gasteiger partial charge in [-0.15, -0.1) is 0 Å². The van der Waals surface area contributed by atoms with Crippen LogP contribution in [-0.4, -0.2) is 11.5 Å². The highest BCUT2D eigenvalue weighted by Gasteiger charge is 2.20. The van der Waals surface area contributed by atoms with E-state index in [0.29, 0.717) is 0 Å². The number of pyridine rings is 1. The van der Waals surface area contributed by atoms with Gasteiger partial charge in [0.1, 0.15) is 5.82 Å². The number of hydrogen-bond acceptors (Lipinski definition) is 3. The number of nitrogens with two attached hydrogens (primary N) is 1. The summed E-state index contributed by atoms with van der Waals surface area (Å²) in [5.41, 5.74) is 11.7. The molecule has 0 radical (unpaired) electrons. The molecule has 2 N–H and O–H groups in total. The molecule has 1 aliphatic rings. The first kappa shape index (κ1) is 12.0. The zero-order chi connectivity index (χ0) is 13.4. The van der Waals surface area contributed by atoms with E-state index in [1.54, 1.807) is 6.20 Å². The van der Waals surface area contributed by atoms with Gasteiger partial charge < -0.3 is 10.6 Å². The van der Waals surface area contributed by atoms with Gasteiger partial charge in [-0.25, -0.2) is 4.98 Å². The van der Waals surface area contributed by atoms with Gasteiger partial charge in [0.05, 0.1) is 11.9 Å². The third-order valence-electron chi connectivity index (χ3n) is 3.68. The third-order valence-corrected chi connectivity index (χ3v) is 3.68. The van der Waals surface area contributed by atoms with E-state index in [2.05, 4.69) is 41.9 Å². The second-order valence-electron chi connectivity index (χ2n) is 5.30. The molecule has 1 aromatic carbocycles. The third kappa shape index (κ3) is 2.16. The van der Waals surface area contributed by atoms with Crippen LogP contribution in [0.3, 0.4) is 0 Å². The molecule has 0 saturated heterocycles. The maximum absolute atomic E-state index is 5.79. The summed E-state index contributed by atoms with van der Waals surface area (Å²) in [7, 11) is 0. The highest BCUT2D eigenvalue weighted by Crippen LogP contribution is 2.34. The van der Waals surface area contributed by atoms with E-state index in [4.69, 9.17) is 5.73 Å². The van der Waals surface area contributed by atoms with Crippen molar-refractivity contribution < 1.29 is 0 Å². The Labute approximate surface area is 114 Å². The van der Waals surface area contributed by atoms with Gasteiger partial charge in [0, 0.05) is 12.2 Å². The van der Waals surface area contributed by atoms with Crippen LogP contribution in [0.1, 0.15) is 23.1 Å². The smallest absolute Gasteiger partial charge is 0.136 e. The molecule has 3 heteroatoms. The number of rotatable bonds is 1. The van der Waals surface area contributed by atoms with E-state index >= 15 is 0 Å². The van der Waals surface area contributed by atoms with Crippen LogP contribution in [0.2, 0.25) is 0 Å². The zero-order valence-corrected chi connectivity index (χ0v) is 11.5. The van der Waals surface area contributed by atoms with Crippen LogP contribution in [0, 0.1) is 13.8 Å². The molecule has 1 aliphatic heterocycles. The van der Waals surface area contributed by atoms with E-state index in [9.17, 15) is 0 Å². The number of benzene rings is 1. The molecule has 0 saturated carbocycles. The fraction of sp³-hybridized carbons (Fsp3) is 0.312. The molecule has 0 fully saturated rings. The maximum Gasteiger partial charge on any atom is 0.136 e. The van der Waals surface area contributed by atoms with E-state index in [-0.39, 0.29) is 0 Å². The Kier molecular flexibility index (Phi) is 2.90. The average Bonchev–Trinajstić information content (AvgIpc) is 2.38. The molecule has 0 spiro atoms. The summed E-state index contributed by atoms with van der Waals surface area (Å²) < 4.78 is 0. The molecular weight excluding hydrogens is 234 g/mol. The van der Waals surface area contributed by atoms with Gasteiger partial charge in [0.15, 0.2) is 0 Å². The highest BCUT2D eigenvalue weighted by molar-refractivity contribution is 5.68. The van der Waals surface area contributed by atoms with Crippen molar-refractivity contribution in [2.75, 3.05) is 17.2 Å². The van der Waals surface area contributed by atoms with E-state index in [1.165, 1.54) is 23.2 Å². The lowest BCUT2D eigenvalue weighted by Crippen LogP contribution is -2.26. The lowest BCUT2D eigenvalue weighted by Gasteiger charge is -2.31. The number of nitrogens with zero attached hydrogens (tertiary/aromatic N) is 2. The molecule has 0 amide bonds. The van der Waals surface area contributed by atoms with Gasteiger partial charge in [-0.05, 0) is 49.9 Å². The Morgan fingerprint density at radius 3 is 2.84 bits per heavy atom. The second kappa shape index (κ2) is 4.57.